The van der Waals surface area contributed by atoms with E-state index in [2.05, 4.69) is 24.3 Å². The molecule has 1 saturated carbocycles. The Morgan fingerprint density at radius 2 is 1.34 bits per heavy atom. The predicted octanol–water partition coefficient (Wildman–Crippen LogP) is 6.38. The molecule has 32 heavy (non-hydrogen) atoms. The van der Waals surface area contributed by atoms with Crippen molar-refractivity contribution in [2.24, 2.45) is 0 Å². The fraction of sp³-hybridized carbons (Fsp3) is 0.321. The van der Waals surface area contributed by atoms with E-state index in [0.29, 0.717) is 23.2 Å². The van der Waals surface area contributed by atoms with Crippen molar-refractivity contribution >= 4 is 5.97 Å². The highest BCUT2D eigenvalue weighted by Crippen LogP contribution is 2.22. The van der Waals surface area contributed by atoms with E-state index in [4.69, 9.17) is 14.2 Å². The molecule has 4 rings (SSSR count). The van der Waals surface area contributed by atoms with Gasteiger partial charge in [-0.15, -0.1) is 0 Å². The fourth-order valence-corrected chi connectivity index (χ4v) is 3.94. The van der Waals surface area contributed by atoms with Crippen LogP contribution in [0.1, 0.15) is 53.6 Å². The highest BCUT2D eigenvalue weighted by Gasteiger charge is 2.14. The van der Waals surface area contributed by atoms with Gasteiger partial charge in [0.2, 0.25) is 0 Å². The molecule has 166 valence electrons. The van der Waals surface area contributed by atoms with Crippen LogP contribution in [0.4, 0.5) is 0 Å². The first-order valence-electron chi connectivity index (χ1n) is 11.5. The third kappa shape index (κ3) is 6.69. The van der Waals surface area contributed by atoms with Gasteiger partial charge in [0.15, 0.2) is 6.79 Å². The third-order valence-corrected chi connectivity index (χ3v) is 5.85. The Bertz CT molecular complexity index is 959. The Morgan fingerprint density at radius 3 is 2.03 bits per heavy atom. The average molecular weight is 431 g/mol. The second-order valence-electron chi connectivity index (χ2n) is 8.23. The summed E-state index contributed by atoms with van der Waals surface area (Å²) in [6.45, 7) is 0.250. The molecule has 0 unspecified atom stereocenters. The maximum absolute atomic E-state index is 12.5. The molecule has 0 atom stereocenters. The molecule has 0 N–H and O–H groups in total. The van der Waals surface area contributed by atoms with Gasteiger partial charge in [-0.3, -0.25) is 0 Å². The monoisotopic (exact) mass is 430 g/mol. The van der Waals surface area contributed by atoms with Gasteiger partial charge >= 0.3 is 5.97 Å². The third-order valence-electron chi connectivity index (χ3n) is 5.85. The standard InChI is InChI=1S/C28H30O4/c29-28(24-15-13-23(14-16-24)12-11-22-7-3-1-4-8-22)32-27-19-17-26(18-20-27)31-21-30-25-9-5-2-6-10-25/h1,3-4,7-8,13-20,25H,2,5-6,9-12,21H2. The van der Waals surface area contributed by atoms with Crippen molar-refractivity contribution in [1.82, 2.24) is 0 Å². The zero-order valence-corrected chi connectivity index (χ0v) is 18.4. The van der Waals surface area contributed by atoms with Gasteiger partial charge in [-0.1, -0.05) is 61.7 Å². The molecule has 4 heteroatoms. The Hall–Kier alpha value is -3.11. The van der Waals surface area contributed by atoms with Crippen molar-refractivity contribution in [3.63, 3.8) is 0 Å². The number of esters is 1. The number of aryl methyl sites for hydroxylation is 2. The van der Waals surface area contributed by atoms with Gasteiger partial charge in [0.05, 0.1) is 11.7 Å². The lowest BCUT2D eigenvalue weighted by atomic mass is 9.98. The maximum atomic E-state index is 12.5. The van der Waals surface area contributed by atoms with Crippen molar-refractivity contribution < 1.29 is 19.0 Å². The van der Waals surface area contributed by atoms with Gasteiger partial charge in [-0.05, 0) is 73.2 Å². The molecule has 0 bridgehead atoms. The first kappa shape index (κ1) is 22.1. The van der Waals surface area contributed by atoms with Crippen LogP contribution in [-0.4, -0.2) is 18.9 Å². The van der Waals surface area contributed by atoms with Gasteiger partial charge in [0, 0.05) is 0 Å². The Labute approximate surface area is 190 Å². The SMILES string of the molecule is O=C(Oc1ccc(OCOC2CCCCC2)cc1)c1ccc(CCc2ccccc2)cc1. The zero-order valence-electron chi connectivity index (χ0n) is 18.4. The minimum absolute atomic E-state index is 0.250. The van der Waals surface area contributed by atoms with Crippen LogP contribution in [0, 0.1) is 0 Å². The number of hydrogen-bond donors (Lipinski definition) is 0. The molecule has 0 aromatic heterocycles. The maximum Gasteiger partial charge on any atom is 0.343 e. The van der Waals surface area contributed by atoms with E-state index < -0.39 is 0 Å². The van der Waals surface area contributed by atoms with Crippen LogP contribution in [0.2, 0.25) is 0 Å². The predicted molar refractivity (Wildman–Crippen MR) is 125 cm³/mol. The fourth-order valence-electron chi connectivity index (χ4n) is 3.94. The minimum Gasteiger partial charge on any atom is -0.468 e. The Morgan fingerprint density at radius 1 is 0.719 bits per heavy atom. The van der Waals surface area contributed by atoms with Gasteiger partial charge in [-0.25, -0.2) is 4.79 Å². The molecule has 3 aromatic carbocycles. The molecule has 0 aliphatic heterocycles. The summed E-state index contributed by atoms with van der Waals surface area (Å²) >= 11 is 0. The summed E-state index contributed by atoms with van der Waals surface area (Å²) in [5, 5.41) is 0. The van der Waals surface area contributed by atoms with Gasteiger partial charge in [0.25, 0.3) is 0 Å². The van der Waals surface area contributed by atoms with Crippen molar-refractivity contribution in [3.8, 4) is 11.5 Å². The molecule has 1 fully saturated rings. The summed E-state index contributed by atoms with van der Waals surface area (Å²) in [5.41, 5.74) is 3.04. The number of rotatable bonds is 9. The van der Waals surface area contributed by atoms with E-state index in [1.807, 2.05) is 30.3 Å². The van der Waals surface area contributed by atoms with Crippen LogP contribution in [-0.2, 0) is 17.6 Å². The lowest BCUT2D eigenvalue weighted by Crippen LogP contribution is -2.19. The van der Waals surface area contributed by atoms with Crippen molar-refractivity contribution in [2.75, 3.05) is 6.79 Å². The molecule has 3 aromatic rings. The van der Waals surface area contributed by atoms with Crippen LogP contribution in [0.3, 0.4) is 0 Å². The van der Waals surface area contributed by atoms with Gasteiger partial charge < -0.3 is 14.2 Å². The number of hydrogen-bond acceptors (Lipinski definition) is 4. The number of ether oxygens (including phenoxy) is 3. The molecular weight excluding hydrogens is 400 g/mol. The summed E-state index contributed by atoms with van der Waals surface area (Å²) in [5.74, 6) is 0.820. The molecule has 0 spiro atoms. The molecule has 0 radical (unpaired) electrons. The Balaban J connectivity index is 1.22. The van der Waals surface area contributed by atoms with Gasteiger partial charge in [-0.2, -0.15) is 0 Å². The first-order chi connectivity index (χ1) is 15.8. The minimum atomic E-state index is -0.367. The van der Waals surface area contributed by atoms with E-state index in [-0.39, 0.29) is 12.8 Å². The molecule has 4 nitrogen and oxygen atoms in total. The lowest BCUT2D eigenvalue weighted by molar-refractivity contribution is -0.0497. The topological polar surface area (TPSA) is 44.8 Å². The summed E-state index contributed by atoms with van der Waals surface area (Å²) in [4.78, 5) is 12.5. The van der Waals surface area contributed by atoms with E-state index in [1.165, 1.54) is 30.4 Å². The summed E-state index contributed by atoms with van der Waals surface area (Å²) in [7, 11) is 0. The van der Waals surface area contributed by atoms with Crippen LogP contribution in [0.25, 0.3) is 0 Å². The van der Waals surface area contributed by atoms with E-state index in [9.17, 15) is 4.79 Å². The quantitative estimate of drug-likeness (QED) is 0.225. The molecular formula is C28H30O4. The van der Waals surface area contributed by atoms with Crippen molar-refractivity contribution in [3.05, 3.63) is 95.6 Å². The van der Waals surface area contributed by atoms with Gasteiger partial charge in [0.1, 0.15) is 11.5 Å². The number of carbonyl (C=O) groups is 1. The normalized spacial score (nSPS) is 14.1. The van der Waals surface area contributed by atoms with Crippen LogP contribution in [0.5, 0.6) is 11.5 Å². The number of carbonyl (C=O) groups excluding carboxylic acids is 1. The van der Waals surface area contributed by atoms with Crippen LogP contribution < -0.4 is 9.47 Å². The first-order valence-corrected chi connectivity index (χ1v) is 11.5. The van der Waals surface area contributed by atoms with E-state index in [1.54, 1.807) is 24.3 Å². The Kier molecular flexibility index (Phi) is 7.94. The molecule has 0 saturated heterocycles. The molecule has 0 amide bonds. The highest BCUT2D eigenvalue weighted by molar-refractivity contribution is 5.91. The molecule has 0 heterocycles. The summed E-state index contributed by atoms with van der Waals surface area (Å²) < 4.78 is 16.9. The summed E-state index contributed by atoms with van der Waals surface area (Å²) in [6, 6.07) is 25.1. The van der Waals surface area contributed by atoms with Crippen molar-refractivity contribution in [2.45, 2.75) is 51.0 Å². The molecule has 1 aliphatic rings. The smallest absolute Gasteiger partial charge is 0.343 e. The van der Waals surface area contributed by atoms with Crippen LogP contribution >= 0.6 is 0 Å². The second-order valence-corrected chi connectivity index (χ2v) is 8.23. The highest BCUT2D eigenvalue weighted by atomic mass is 16.7. The largest absolute Gasteiger partial charge is 0.468 e. The number of benzene rings is 3. The van der Waals surface area contributed by atoms with Crippen molar-refractivity contribution in [1.29, 1.82) is 0 Å². The average Bonchev–Trinajstić information content (AvgIpc) is 2.85. The lowest BCUT2D eigenvalue weighted by Gasteiger charge is -2.21. The summed E-state index contributed by atoms with van der Waals surface area (Å²) in [6.07, 6.45) is 8.24. The van der Waals surface area contributed by atoms with Crippen LogP contribution in [0.15, 0.2) is 78.9 Å². The van der Waals surface area contributed by atoms with E-state index in [0.717, 1.165) is 25.7 Å². The molecule has 1 aliphatic carbocycles. The zero-order chi connectivity index (χ0) is 22.0. The van der Waals surface area contributed by atoms with E-state index >= 15 is 0 Å². The second kappa shape index (κ2) is 11.5.